The third kappa shape index (κ3) is 3.09. The molecule has 0 fully saturated rings. The molecule has 1 aromatic carbocycles. The summed E-state index contributed by atoms with van der Waals surface area (Å²) in [6.07, 6.45) is 0. The first kappa shape index (κ1) is 13.5. The Morgan fingerprint density at radius 2 is 1.72 bits per heavy atom. The van der Waals surface area contributed by atoms with Gasteiger partial charge in [-0.15, -0.1) is 0 Å². The Bertz CT molecular complexity index is 674. The molecule has 1 aromatic heterocycles. The Labute approximate surface area is 122 Å². The van der Waals surface area contributed by atoms with E-state index in [1.165, 1.54) is 6.07 Å². The van der Waals surface area contributed by atoms with Crippen LogP contribution in [0.2, 0.25) is 0 Å². The van der Waals surface area contributed by atoms with E-state index in [0.29, 0.717) is 9.08 Å². The third-order valence-electron chi connectivity index (χ3n) is 2.08. The van der Waals surface area contributed by atoms with E-state index < -0.39 is 10.0 Å². The molecule has 0 unspecified atom stereocenters. The van der Waals surface area contributed by atoms with E-state index in [1.807, 2.05) is 0 Å². The zero-order valence-corrected chi connectivity index (χ0v) is 13.0. The van der Waals surface area contributed by atoms with Crippen molar-refractivity contribution in [3.8, 4) is 0 Å². The zero-order chi connectivity index (χ0) is 13.2. The second kappa shape index (κ2) is 5.38. The van der Waals surface area contributed by atoms with Crippen LogP contribution in [0.3, 0.4) is 0 Å². The zero-order valence-electron chi connectivity index (χ0n) is 8.97. The van der Waals surface area contributed by atoms with E-state index in [-0.39, 0.29) is 10.7 Å². The molecule has 0 saturated heterocycles. The van der Waals surface area contributed by atoms with Crippen LogP contribution in [0.25, 0.3) is 0 Å². The van der Waals surface area contributed by atoms with E-state index in [0.717, 1.165) is 0 Å². The number of hydrogen-bond donors (Lipinski definition) is 1. The van der Waals surface area contributed by atoms with Crippen LogP contribution in [-0.4, -0.2) is 13.4 Å². The molecule has 1 N–H and O–H groups in total. The van der Waals surface area contributed by atoms with Crippen LogP contribution in [0, 0.1) is 0 Å². The molecule has 0 bridgehead atoms. The van der Waals surface area contributed by atoms with Crippen molar-refractivity contribution in [2.24, 2.45) is 0 Å². The average Bonchev–Trinajstić information content (AvgIpc) is 2.28. The van der Waals surface area contributed by atoms with Crippen molar-refractivity contribution in [2.45, 2.75) is 4.90 Å². The molecule has 0 saturated carbocycles. The van der Waals surface area contributed by atoms with Gasteiger partial charge in [0.1, 0.15) is 15.3 Å². The lowest BCUT2D eigenvalue weighted by Crippen LogP contribution is -2.14. The number of sulfonamides is 1. The van der Waals surface area contributed by atoms with Gasteiger partial charge < -0.3 is 0 Å². The fourth-order valence-corrected chi connectivity index (χ4v) is 3.67. The molecule has 7 heteroatoms. The highest BCUT2D eigenvalue weighted by atomic mass is 79.9. The van der Waals surface area contributed by atoms with Gasteiger partial charge in [0, 0.05) is 4.47 Å². The van der Waals surface area contributed by atoms with Gasteiger partial charge in [0.05, 0.1) is 0 Å². The van der Waals surface area contributed by atoms with Gasteiger partial charge in [-0.05, 0) is 56.1 Å². The van der Waals surface area contributed by atoms with E-state index in [2.05, 4.69) is 41.6 Å². The van der Waals surface area contributed by atoms with Gasteiger partial charge in [-0.2, -0.15) is 0 Å². The monoisotopic (exact) mass is 390 g/mol. The van der Waals surface area contributed by atoms with Gasteiger partial charge >= 0.3 is 0 Å². The summed E-state index contributed by atoms with van der Waals surface area (Å²) in [5, 5.41) is 0. The molecular formula is C11H8Br2N2O2S. The molecule has 0 aliphatic carbocycles. The van der Waals surface area contributed by atoms with Crippen LogP contribution in [0.1, 0.15) is 0 Å². The van der Waals surface area contributed by atoms with Crippen LogP contribution in [-0.2, 0) is 10.0 Å². The molecule has 94 valence electrons. The van der Waals surface area contributed by atoms with Crippen molar-refractivity contribution >= 4 is 47.7 Å². The number of anilines is 1. The first-order chi connectivity index (χ1) is 8.49. The maximum Gasteiger partial charge on any atom is 0.264 e. The normalized spacial score (nSPS) is 11.2. The van der Waals surface area contributed by atoms with Crippen molar-refractivity contribution in [2.75, 3.05) is 4.72 Å². The quantitative estimate of drug-likeness (QED) is 0.815. The topological polar surface area (TPSA) is 59.1 Å². The number of rotatable bonds is 3. The van der Waals surface area contributed by atoms with Crippen molar-refractivity contribution in [3.63, 3.8) is 0 Å². The number of pyridine rings is 1. The van der Waals surface area contributed by atoms with Gasteiger partial charge in [-0.25, -0.2) is 13.4 Å². The SMILES string of the molecule is O=S(=O)(Nc1cccc(Br)n1)c1ccccc1Br. The predicted molar refractivity (Wildman–Crippen MR) is 76.9 cm³/mol. The maximum atomic E-state index is 12.1. The highest BCUT2D eigenvalue weighted by Gasteiger charge is 2.17. The molecule has 0 radical (unpaired) electrons. The summed E-state index contributed by atoms with van der Waals surface area (Å²) in [7, 11) is -3.64. The second-order valence-corrected chi connectivity index (χ2v) is 6.70. The van der Waals surface area contributed by atoms with Gasteiger partial charge in [-0.3, -0.25) is 4.72 Å². The van der Waals surface area contributed by atoms with Crippen LogP contribution in [0.4, 0.5) is 5.82 Å². The van der Waals surface area contributed by atoms with Crippen LogP contribution in [0.15, 0.2) is 56.4 Å². The van der Waals surface area contributed by atoms with Crippen LogP contribution in [0.5, 0.6) is 0 Å². The fraction of sp³-hybridized carbons (Fsp3) is 0. The Morgan fingerprint density at radius 3 is 2.39 bits per heavy atom. The first-order valence-electron chi connectivity index (χ1n) is 4.89. The molecular weight excluding hydrogens is 384 g/mol. The Hall–Kier alpha value is -0.920. The van der Waals surface area contributed by atoms with Gasteiger partial charge in [0.25, 0.3) is 10.0 Å². The molecule has 0 spiro atoms. The number of hydrogen-bond acceptors (Lipinski definition) is 3. The van der Waals surface area contributed by atoms with Crippen molar-refractivity contribution < 1.29 is 8.42 Å². The molecule has 1 heterocycles. The molecule has 18 heavy (non-hydrogen) atoms. The summed E-state index contributed by atoms with van der Waals surface area (Å²) >= 11 is 6.40. The lowest BCUT2D eigenvalue weighted by Gasteiger charge is -2.08. The second-order valence-electron chi connectivity index (χ2n) is 3.38. The fourth-order valence-electron chi connectivity index (χ4n) is 1.32. The summed E-state index contributed by atoms with van der Waals surface area (Å²) in [4.78, 5) is 4.20. The lowest BCUT2D eigenvalue weighted by atomic mass is 10.4. The summed E-state index contributed by atoms with van der Waals surface area (Å²) in [5.74, 6) is 0.264. The van der Waals surface area contributed by atoms with Crippen LogP contribution >= 0.6 is 31.9 Å². The van der Waals surface area contributed by atoms with Gasteiger partial charge in [-0.1, -0.05) is 18.2 Å². The minimum atomic E-state index is -3.64. The lowest BCUT2D eigenvalue weighted by molar-refractivity contribution is 0.600. The molecule has 2 aromatic rings. The highest BCUT2D eigenvalue weighted by molar-refractivity contribution is 9.10. The van der Waals surface area contributed by atoms with E-state index >= 15 is 0 Å². The summed E-state index contributed by atoms with van der Waals surface area (Å²) in [5.41, 5.74) is 0. The van der Waals surface area contributed by atoms with Crippen molar-refractivity contribution in [1.29, 1.82) is 0 Å². The predicted octanol–water partition coefficient (Wildman–Crippen LogP) is 3.41. The standard InChI is InChI=1S/C11H8Br2N2O2S/c12-8-4-1-2-5-9(8)18(16,17)15-11-7-3-6-10(13)14-11/h1-7H,(H,14,15). The number of halogens is 2. The smallest absolute Gasteiger partial charge is 0.263 e. The molecule has 0 amide bonds. The van der Waals surface area contributed by atoms with Crippen LogP contribution < -0.4 is 4.72 Å². The largest absolute Gasteiger partial charge is 0.264 e. The minimum Gasteiger partial charge on any atom is -0.263 e. The van der Waals surface area contributed by atoms with E-state index in [9.17, 15) is 8.42 Å². The Balaban J connectivity index is 2.37. The molecule has 0 aliphatic rings. The Kier molecular flexibility index (Phi) is 4.04. The average molecular weight is 392 g/mol. The third-order valence-corrected chi connectivity index (χ3v) is 4.89. The molecule has 2 rings (SSSR count). The van der Waals surface area contributed by atoms with Gasteiger partial charge in [0.15, 0.2) is 0 Å². The number of aromatic nitrogens is 1. The number of nitrogens with one attached hydrogen (secondary N) is 1. The highest BCUT2D eigenvalue weighted by Crippen LogP contribution is 2.23. The van der Waals surface area contributed by atoms with E-state index in [1.54, 1.807) is 36.4 Å². The summed E-state index contributed by atoms with van der Waals surface area (Å²) < 4.78 is 27.8. The first-order valence-corrected chi connectivity index (χ1v) is 7.96. The minimum absolute atomic E-state index is 0.173. The van der Waals surface area contributed by atoms with Gasteiger partial charge in [0.2, 0.25) is 0 Å². The molecule has 0 atom stereocenters. The summed E-state index contributed by atoms with van der Waals surface area (Å²) in [6, 6.07) is 11.6. The molecule has 4 nitrogen and oxygen atoms in total. The molecule has 0 aliphatic heterocycles. The Morgan fingerprint density at radius 1 is 1.00 bits per heavy atom. The van der Waals surface area contributed by atoms with E-state index in [4.69, 9.17) is 0 Å². The maximum absolute atomic E-state index is 12.1. The summed E-state index contributed by atoms with van der Waals surface area (Å²) in [6.45, 7) is 0. The van der Waals surface area contributed by atoms with Crippen molar-refractivity contribution in [1.82, 2.24) is 4.98 Å². The van der Waals surface area contributed by atoms with Crippen molar-refractivity contribution in [3.05, 3.63) is 51.5 Å². The number of nitrogens with zero attached hydrogens (tertiary/aromatic N) is 1. The number of benzene rings is 1.